The molecule has 4 aromatic rings. The minimum atomic E-state index is -0.132. The van der Waals surface area contributed by atoms with E-state index in [4.69, 9.17) is 9.97 Å². The van der Waals surface area contributed by atoms with Crippen molar-refractivity contribution >= 4 is 22.9 Å². The summed E-state index contributed by atoms with van der Waals surface area (Å²) >= 11 is 0. The number of amides is 1. The van der Waals surface area contributed by atoms with Gasteiger partial charge >= 0.3 is 0 Å². The Bertz CT molecular complexity index is 1450. The number of H-pyrrole nitrogens is 1. The smallest absolute Gasteiger partial charge is 0.253 e. The number of hydrogen-bond donors (Lipinski definition) is 2. The van der Waals surface area contributed by atoms with Crippen molar-refractivity contribution in [2.45, 2.75) is 45.2 Å². The number of imidazole rings is 1. The van der Waals surface area contributed by atoms with Crippen LogP contribution in [0.25, 0.3) is 17.0 Å². The lowest BCUT2D eigenvalue weighted by Gasteiger charge is -2.34. The van der Waals surface area contributed by atoms with Crippen molar-refractivity contribution in [1.82, 2.24) is 35.4 Å². The average molecular weight is 508 g/mol. The minimum absolute atomic E-state index is 0.132. The molecular formula is C30H33N7O. The fourth-order valence-corrected chi connectivity index (χ4v) is 5.18. The van der Waals surface area contributed by atoms with Crippen LogP contribution in [-0.4, -0.2) is 49.0 Å². The van der Waals surface area contributed by atoms with E-state index >= 15 is 0 Å². The van der Waals surface area contributed by atoms with Crippen LogP contribution in [0.3, 0.4) is 0 Å². The molecule has 1 aromatic carbocycles. The van der Waals surface area contributed by atoms with Gasteiger partial charge in [-0.3, -0.25) is 14.7 Å². The zero-order valence-corrected chi connectivity index (χ0v) is 21.7. The molecule has 0 spiro atoms. The Balaban J connectivity index is 1.29. The van der Waals surface area contributed by atoms with Crippen LogP contribution in [0.1, 0.15) is 64.1 Å². The Kier molecular flexibility index (Phi) is 7.99. The number of benzene rings is 1. The number of pyridine rings is 1. The number of aromatic amines is 1. The highest BCUT2D eigenvalue weighted by molar-refractivity contribution is 6.05. The zero-order chi connectivity index (χ0) is 26.3. The second-order valence-corrected chi connectivity index (χ2v) is 9.59. The molecule has 3 heterocycles. The number of carbonyl (C=O) groups excluding carboxylic acids is 1. The van der Waals surface area contributed by atoms with Crippen LogP contribution in [0.5, 0.6) is 0 Å². The summed E-state index contributed by atoms with van der Waals surface area (Å²) in [4.78, 5) is 28.4. The third kappa shape index (κ3) is 5.70. The highest BCUT2D eigenvalue weighted by atomic mass is 16.1. The van der Waals surface area contributed by atoms with E-state index in [0.717, 1.165) is 60.5 Å². The van der Waals surface area contributed by atoms with Crippen molar-refractivity contribution in [3.8, 4) is 0 Å². The predicted molar refractivity (Wildman–Crippen MR) is 149 cm³/mol. The summed E-state index contributed by atoms with van der Waals surface area (Å²) < 4.78 is 0. The van der Waals surface area contributed by atoms with Crippen LogP contribution in [0.15, 0.2) is 67.5 Å². The second kappa shape index (κ2) is 11.9. The summed E-state index contributed by atoms with van der Waals surface area (Å²) in [5.74, 6) is 0.792. The van der Waals surface area contributed by atoms with Gasteiger partial charge in [-0.05, 0) is 56.4 Å². The Labute approximate surface area is 222 Å². The molecule has 5 rings (SSSR count). The Morgan fingerprint density at radius 1 is 1.26 bits per heavy atom. The van der Waals surface area contributed by atoms with Gasteiger partial charge in [0.05, 0.1) is 46.9 Å². The fraction of sp³-hybridized carbons (Fsp3) is 0.300. The number of fused-ring (bicyclic) bond motifs is 2. The maximum absolute atomic E-state index is 13.0. The highest BCUT2D eigenvalue weighted by Gasteiger charge is 2.28. The molecule has 0 fully saturated rings. The molecule has 0 saturated carbocycles. The molecule has 0 radical (unpaired) electrons. The molecule has 194 valence electrons. The van der Waals surface area contributed by atoms with Crippen molar-refractivity contribution in [3.63, 3.8) is 0 Å². The van der Waals surface area contributed by atoms with E-state index in [1.54, 1.807) is 6.08 Å². The summed E-state index contributed by atoms with van der Waals surface area (Å²) in [5, 5.41) is 12.0. The number of carbonyl (C=O) groups is 1. The monoisotopic (exact) mass is 507 g/mol. The Morgan fingerprint density at radius 3 is 3.05 bits per heavy atom. The third-order valence-corrected chi connectivity index (χ3v) is 7.03. The summed E-state index contributed by atoms with van der Waals surface area (Å²) in [6.45, 7) is 7.80. The normalized spacial score (nSPS) is 15.2. The quantitative estimate of drug-likeness (QED) is 0.233. The van der Waals surface area contributed by atoms with E-state index in [2.05, 4.69) is 38.0 Å². The van der Waals surface area contributed by atoms with Crippen LogP contribution in [0.4, 0.5) is 0 Å². The number of nitrogens with zero attached hydrogens (tertiary/aromatic N) is 5. The number of rotatable bonds is 10. The molecular weight excluding hydrogens is 474 g/mol. The molecule has 8 heteroatoms. The van der Waals surface area contributed by atoms with Gasteiger partial charge < -0.3 is 10.3 Å². The lowest BCUT2D eigenvalue weighted by atomic mass is 9.90. The maximum Gasteiger partial charge on any atom is 0.253 e. The maximum atomic E-state index is 13.0. The van der Waals surface area contributed by atoms with E-state index in [0.29, 0.717) is 24.2 Å². The van der Waals surface area contributed by atoms with Crippen molar-refractivity contribution in [3.05, 3.63) is 102 Å². The van der Waals surface area contributed by atoms with Gasteiger partial charge in [0.1, 0.15) is 5.82 Å². The molecule has 8 nitrogen and oxygen atoms in total. The number of hydrogen-bond acceptors (Lipinski definition) is 6. The molecule has 0 aliphatic heterocycles. The SMILES string of the molecule is C=C/C=C\c1[nH]c(CN(CCCNC(=O)c2cnnc3ccccc23)C2CCCc3cccnc32)nc1C. The molecule has 1 unspecified atom stereocenters. The van der Waals surface area contributed by atoms with Crippen molar-refractivity contribution in [2.24, 2.45) is 0 Å². The van der Waals surface area contributed by atoms with E-state index < -0.39 is 0 Å². The molecule has 2 N–H and O–H groups in total. The van der Waals surface area contributed by atoms with Crippen LogP contribution in [-0.2, 0) is 13.0 Å². The van der Waals surface area contributed by atoms with Gasteiger partial charge in [-0.2, -0.15) is 10.2 Å². The third-order valence-electron chi connectivity index (χ3n) is 7.03. The van der Waals surface area contributed by atoms with Gasteiger partial charge in [0.25, 0.3) is 5.91 Å². The summed E-state index contributed by atoms with van der Waals surface area (Å²) in [6, 6.07) is 12.0. The molecule has 3 aromatic heterocycles. The largest absolute Gasteiger partial charge is 0.352 e. The predicted octanol–water partition coefficient (Wildman–Crippen LogP) is 4.96. The van der Waals surface area contributed by atoms with E-state index in [1.807, 2.05) is 55.6 Å². The lowest BCUT2D eigenvalue weighted by Crippen LogP contribution is -2.35. The Hall–Kier alpha value is -4.17. The van der Waals surface area contributed by atoms with E-state index in [9.17, 15) is 4.79 Å². The van der Waals surface area contributed by atoms with Crippen LogP contribution in [0, 0.1) is 6.92 Å². The van der Waals surface area contributed by atoms with Crippen LogP contribution < -0.4 is 5.32 Å². The van der Waals surface area contributed by atoms with Gasteiger partial charge in [-0.25, -0.2) is 4.98 Å². The van der Waals surface area contributed by atoms with E-state index in [-0.39, 0.29) is 11.9 Å². The fourth-order valence-electron chi connectivity index (χ4n) is 5.18. The first-order valence-electron chi connectivity index (χ1n) is 13.1. The first-order valence-corrected chi connectivity index (χ1v) is 13.1. The number of aryl methyl sites for hydroxylation is 2. The van der Waals surface area contributed by atoms with Crippen molar-refractivity contribution < 1.29 is 4.79 Å². The van der Waals surface area contributed by atoms with Gasteiger partial charge in [0.2, 0.25) is 0 Å². The second-order valence-electron chi connectivity index (χ2n) is 9.59. The average Bonchev–Trinajstić information content (AvgIpc) is 3.31. The van der Waals surface area contributed by atoms with Crippen LogP contribution >= 0.6 is 0 Å². The van der Waals surface area contributed by atoms with Gasteiger partial charge in [-0.1, -0.05) is 43.0 Å². The summed E-state index contributed by atoms with van der Waals surface area (Å²) in [7, 11) is 0. The molecule has 0 saturated heterocycles. The number of nitrogens with one attached hydrogen (secondary N) is 2. The van der Waals surface area contributed by atoms with Gasteiger partial charge in [0, 0.05) is 24.7 Å². The summed E-state index contributed by atoms with van der Waals surface area (Å²) in [5.41, 5.74) is 5.70. The molecule has 0 bridgehead atoms. The lowest BCUT2D eigenvalue weighted by molar-refractivity contribution is 0.0949. The topological polar surface area (TPSA) is 99.7 Å². The minimum Gasteiger partial charge on any atom is -0.352 e. The zero-order valence-electron chi connectivity index (χ0n) is 21.7. The van der Waals surface area contributed by atoms with Crippen molar-refractivity contribution in [2.75, 3.05) is 13.1 Å². The number of allylic oxidation sites excluding steroid dienone is 2. The number of aromatic nitrogens is 5. The molecule has 38 heavy (non-hydrogen) atoms. The first kappa shape index (κ1) is 25.5. The van der Waals surface area contributed by atoms with Gasteiger partial charge in [-0.15, -0.1) is 0 Å². The van der Waals surface area contributed by atoms with Crippen molar-refractivity contribution in [1.29, 1.82) is 0 Å². The summed E-state index contributed by atoms with van der Waals surface area (Å²) in [6.07, 6.45) is 13.1. The first-order chi connectivity index (χ1) is 18.6. The molecule has 1 atom stereocenters. The Morgan fingerprint density at radius 2 is 2.16 bits per heavy atom. The standard InChI is InChI=1S/C30H33N7O/c1-3-4-13-25-21(2)34-28(35-25)20-37(27-15-7-10-22-11-8-16-31-29(22)27)18-9-17-32-30(38)24-19-33-36-26-14-6-5-12-23(24)26/h3-6,8,11-14,16,19,27H,1,7,9-10,15,17-18,20H2,2H3,(H,32,38)(H,34,35)/b13-4-. The highest BCUT2D eigenvalue weighted by Crippen LogP contribution is 2.33. The molecule has 1 aliphatic rings. The van der Waals surface area contributed by atoms with E-state index in [1.165, 1.54) is 11.8 Å². The molecule has 1 amide bonds. The molecule has 1 aliphatic carbocycles. The van der Waals surface area contributed by atoms with Gasteiger partial charge in [0.15, 0.2) is 0 Å². The van der Waals surface area contributed by atoms with Crippen LogP contribution in [0.2, 0.25) is 0 Å².